The van der Waals surface area contributed by atoms with E-state index in [1.807, 2.05) is 35.7 Å². The van der Waals surface area contributed by atoms with Crippen molar-refractivity contribution in [1.82, 2.24) is 0 Å². The first-order chi connectivity index (χ1) is 9.25. The first-order valence-electron chi connectivity index (χ1n) is 6.00. The maximum Gasteiger partial charge on any atom is 0.230 e. The van der Waals surface area contributed by atoms with Gasteiger partial charge < -0.3 is 9.64 Å². The zero-order chi connectivity index (χ0) is 13.2. The lowest BCUT2D eigenvalue weighted by Gasteiger charge is -2.21. The molecular weight excluding hydrogens is 326 g/mol. The number of ether oxygens (including phenoxy) is 1. The van der Waals surface area contributed by atoms with Gasteiger partial charge in [0, 0.05) is 9.35 Å². The van der Waals surface area contributed by atoms with Gasteiger partial charge in [-0.15, -0.1) is 11.3 Å². The van der Waals surface area contributed by atoms with Crippen molar-refractivity contribution < 1.29 is 9.53 Å². The highest BCUT2D eigenvalue weighted by molar-refractivity contribution is 9.10. The van der Waals surface area contributed by atoms with Gasteiger partial charge in [-0.05, 0) is 39.5 Å². The predicted molar refractivity (Wildman–Crippen MR) is 79.8 cm³/mol. The van der Waals surface area contributed by atoms with E-state index in [9.17, 15) is 4.79 Å². The molecule has 3 nitrogen and oxygen atoms in total. The summed E-state index contributed by atoms with van der Waals surface area (Å²) in [6, 6.07) is 9.69. The second kappa shape index (κ2) is 5.35. The molecule has 0 saturated heterocycles. The third-order valence-corrected chi connectivity index (χ3v) is 4.93. The maximum absolute atomic E-state index is 12.2. The highest BCUT2D eigenvalue weighted by Crippen LogP contribution is 2.34. The Morgan fingerprint density at radius 1 is 1.32 bits per heavy atom. The molecular formula is C14H12BrNO2S. The van der Waals surface area contributed by atoms with E-state index in [1.165, 1.54) is 0 Å². The SMILES string of the molecule is O=C1CCOc2ccccc2N1Cc1sccc1Br. The number of rotatable bonds is 2. The Hall–Kier alpha value is -1.33. The highest BCUT2D eigenvalue weighted by Gasteiger charge is 2.23. The van der Waals surface area contributed by atoms with Crippen LogP contribution in [0.3, 0.4) is 0 Å². The van der Waals surface area contributed by atoms with Gasteiger partial charge in [-0.1, -0.05) is 12.1 Å². The van der Waals surface area contributed by atoms with Crippen LogP contribution >= 0.6 is 27.3 Å². The van der Waals surface area contributed by atoms with Gasteiger partial charge in [0.05, 0.1) is 25.3 Å². The molecule has 0 spiro atoms. The van der Waals surface area contributed by atoms with E-state index in [2.05, 4.69) is 15.9 Å². The summed E-state index contributed by atoms with van der Waals surface area (Å²) in [5, 5.41) is 2.02. The number of fused-ring (bicyclic) bond motifs is 1. The zero-order valence-corrected chi connectivity index (χ0v) is 12.5. The third kappa shape index (κ3) is 2.53. The number of para-hydroxylation sites is 2. The van der Waals surface area contributed by atoms with Gasteiger partial charge in [-0.25, -0.2) is 0 Å². The Bertz CT molecular complexity index is 611. The number of benzene rings is 1. The number of carbonyl (C=O) groups is 1. The normalized spacial score (nSPS) is 14.8. The Kier molecular flexibility index (Phi) is 3.57. The van der Waals surface area contributed by atoms with E-state index in [0.29, 0.717) is 19.6 Å². The zero-order valence-electron chi connectivity index (χ0n) is 10.1. The second-order valence-electron chi connectivity index (χ2n) is 4.24. The van der Waals surface area contributed by atoms with Crippen LogP contribution in [0.4, 0.5) is 5.69 Å². The van der Waals surface area contributed by atoms with Crippen LogP contribution in [0.25, 0.3) is 0 Å². The van der Waals surface area contributed by atoms with Gasteiger partial charge >= 0.3 is 0 Å². The summed E-state index contributed by atoms with van der Waals surface area (Å²) in [6.45, 7) is 1.02. The smallest absolute Gasteiger partial charge is 0.230 e. The van der Waals surface area contributed by atoms with Crippen molar-refractivity contribution in [1.29, 1.82) is 0 Å². The van der Waals surface area contributed by atoms with E-state index in [0.717, 1.165) is 20.8 Å². The predicted octanol–water partition coefficient (Wildman–Crippen LogP) is 3.83. The Labute approximate surface area is 123 Å². The summed E-state index contributed by atoms with van der Waals surface area (Å²) in [4.78, 5) is 15.2. The van der Waals surface area contributed by atoms with E-state index in [-0.39, 0.29) is 5.91 Å². The molecule has 5 heteroatoms. The van der Waals surface area contributed by atoms with Crippen LogP contribution in [0, 0.1) is 0 Å². The van der Waals surface area contributed by atoms with Crippen LogP contribution in [-0.2, 0) is 11.3 Å². The molecule has 98 valence electrons. The quantitative estimate of drug-likeness (QED) is 0.833. The first kappa shape index (κ1) is 12.7. The number of halogens is 1. The van der Waals surface area contributed by atoms with Crippen LogP contribution in [0.15, 0.2) is 40.2 Å². The fraction of sp³-hybridized carbons (Fsp3) is 0.214. The minimum absolute atomic E-state index is 0.102. The molecule has 0 saturated carbocycles. The molecule has 2 aromatic rings. The van der Waals surface area contributed by atoms with E-state index >= 15 is 0 Å². The summed E-state index contributed by atoms with van der Waals surface area (Å²) in [5.41, 5.74) is 0.852. The number of carbonyl (C=O) groups excluding carboxylic acids is 1. The van der Waals surface area contributed by atoms with Crippen LogP contribution in [0.1, 0.15) is 11.3 Å². The summed E-state index contributed by atoms with van der Waals surface area (Å²) >= 11 is 5.16. The minimum atomic E-state index is 0.102. The molecule has 0 N–H and O–H groups in total. The lowest BCUT2D eigenvalue weighted by atomic mass is 10.2. The van der Waals surface area contributed by atoms with Gasteiger partial charge in [0.25, 0.3) is 0 Å². The summed E-state index contributed by atoms with van der Waals surface area (Å²) < 4.78 is 6.68. The van der Waals surface area contributed by atoms with E-state index < -0.39 is 0 Å². The molecule has 0 aliphatic carbocycles. The molecule has 0 atom stereocenters. The molecule has 1 amide bonds. The van der Waals surface area contributed by atoms with Crippen molar-refractivity contribution in [3.63, 3.8) is 0 Å². The van der Waals surface area contributed by atoms with Crippen LogP contribution in [0.5, 0.6) is 5.75 Å². The number of hydrogen-bond donors (Lipinski definition) is 0. The molecule has 1 aromatic carbocycles. The molecule has 1 aliphatic heterocycles. The van der Waals surface area contributed by atoms with Crippen LogP contribution in [0.2, 0.25) is 0 Å². The van der Waals surface area contributed by atoms with Gasteiger partial charge in [-0.2, -0.15) is 0 Å². The maximum atomic E-state index is 12.2. The Morgan fingerprint density at radius 2 is 2.16 bits per heavy atom. The van der Waals surface area contributed by atoms with Crippen LogP contribution in [-0.4, -0.2) is 12.5 Å². The highest BCUT2D eigenvalue weighted by atomic mass is 79.9. The van der Waals surface area contributed by atoms with Gasteiger partial charge in [-0.3, -0.25) is 4.79 Å². The number of hydrogen-bond acceptors (Lipinski definition) is 3. The summed E-state index contributed by atoms with van der Waals surface area (Å²) in [6.07, 6.45) is 0.414. The van der Waals surface area contributed by atoms with Crippen molar-refractivity contribution >= 4 is 38.9 Å². The van der Waals surface area contributed by atoms with Gasteiger partial charge in [0.2, 0.25) is 5.91 Å². The lowest BCUT2D eigenvalue weighted by Crippen LogP contribution is -2.29. The van der Waals surface area contributed by atoms with Crippen molar-refractivity contribution in [3.05, 3.63) is 45.1 Å². The fourth-order valence-corrected chi connectivity index (χ4v) is 3.54. The molecule has 0 fully saturated rings. The second-order valence-corrected chi connectivity index (χ2v) is 6.09. The molecule has 3 rings (SSSR count). The monoisotopic (exact) mass is 337 g/mol. The van der Waals surface area contributed by atoms with Crippen molar-refractivity contribution in [2.24, 2.45) is 0 Å². The Morgan fingerprint density at radius 3 is 2.95 bits per heavy atom. The minimum Gasteiger partial charge on any atom is -0.491 e. The van der Waals surface area contributed by atoms with Crippen molar-refractivity contribution in [2.45, 2.75) is 13.0 Å². The largest absolute Gasteiger partial charge is 0.491 e. The lowest BCUT2D eigenvalue weighted by molar-refractivity contribution is -0.118. The molecule has 0 unspecified atom stereocenters. The molecule has 19 heavy (non-hydrogen) atoms. The van der Waals surface area contributed by atoms with Gasteiger partial charge in [0.15, 0.2) is 0 Å². The topological polar surface area (TPSA) is 29.5 Å². The molecule has 1 aromatic heterocycles. The molecule has 0 bridgehead atoms. The molecule has 0 radical (unpaired) electrons. The first-order valence-corrected chi connectivity index (χ1v) is 7.67. The van der Waals surface area contributed by atoms with E-state index in [4.69, 9.17) is 4.74 Å². The molecule has 1 aliphatic rings. The number of nitrogens with zero attached hydrogens (tertiary/aromatic N) is 1. The average molecular weight is 338 g/mol. The fourth-order valence-electron chi connectivity index (χ4n) is 2.07. The number of anilines is 1. The summed E-state index contributed by atoms with van der Waals surface area (Å²) in [5.74, 6) is 0.881. The Balaban J connectivity index is 1.98. The third-order valence-electron chi connectivity index (χ3n) is 3.02. The summed E-state index contributed by atoms with van der Waals surface area (Å²) in [7, 11) is 0. The average Bonchev–Trinajstić information content (AvgIpc) is 2.74. The van der Waals surface area contributed by atoms with E-state index in [1.54, 1.807) is 16.2 Å². The van der Waals surface area contributed by atoms with Crippen molar-refractivity contribution in [3.8, 4) is 5.75 Å². The van der Waals surface area contributed by atoms with Gasteiger partial charge in [0.1, 0.15) is 5.75 Å². The van der Waals surface area contributed by atoms with Crippen molar-refractivity contribution in [2.75, 3.05) is 11.5 Å². The van der Waals surface area contributed by atoms with Crippen LogP contribution < -0.4 is 9.64 Å². The number of amides is 1. The standard InChI is InChI=1S/C14H12BrNO2S/c15-10-6-8-19-13(10)9-16-11-3-1-2-4-12(11)18-7-5-14(16)17/h1-4,6,8H,5,7,9H2. The number of thiophene rings is 1. The molecule has 2 heterocycles.